The molecule has 2 fully saturated rings. The van der Waals surface area contributed by atoms with Crippen LogP contribution in [0, 0.1) is 20.2 Å². The van der Waals surface area contributed by atoms with Gasteiger partial charge >= 0.3 is 7.12 Å². The van der Waals surface area contributed by atoms with E-state index in [0.717, 1.165) is 18.9 Å². The molecule has 8 rings (SSSR count). The smallest absolute Gasteiger partial charge is 0.452 e. The molecule has 2 saturated heterocycles. The van der Waals surface area contributed by atoms with Gasteiger partial charge in [0.1, 0.15) is 28.4 Å². The number of halogens is 1. The molecular formula is C34H37BBrN9O10. The fraction of sp³-hybridized carbons (Fsp3) is 0.294. The number of nitrogens with zero attached hydrogens (tertiary/aromatic N) is 8. The number of aromatic nitrogens is 6. The van der Waals surface area contributed by atoms with Crippen LogP contribution in [0.3, 0.4) is 0 Å². The van der Waals surface area contributed by atoms with Crippen LogP contribution in [0.25, 0.3) is 22.9 Å². The number of oxazole rings is 3. The maximum absolute atomic E-state index is 10.3. The van der Waals surface area contributed by atoms with Crippen molar-refractivity contribution >= 4 is 45.8 Å². The third-order valence-electron chi connectivity index (χ3n) is 7.80. The molecule has 21 heteroatoms. The van der Waals surface area contributed by atoms with Gasteiger partial charge in [-0.15, -0.1) is 0 Å². The van der Waals surface area contributed by atoms with Crippen LogP contribution in [0.5, 0.6) is 0 Å². The highest BCUT2D eigenvalue weighted by Crippen LogP contribution is 2.36. The Bertz CT molecular complexity index is 1990. The van der Waals surface area contributed by atoms with E-state index in [2.05, 4.69) is 45.8 Å². The Balaban J connectivity index is 0.000000157. The van der Waals surface area contributed by atoms with Crippen LogP contribution >= 0.6 is 15.9 Å². The van der Waals surface area contributed by atoms with Crippen LogP contribution < -0.4 is 11.4 Å². The molecule has 0 saturated carbocycles. The second-order valence-corrected chi connectivity index (χ2v) is 13.1. The first-order valence-electron chi connectivity index (χ1n) is 16.4. The summed E-state index contributed by atoms with van der Waals surface area (Å²) in [6, 6.07) is 9.35. The van der Waals surface area contributed by atoms with Crippen LogP contribution in [-0.4, -0.2) is 71.3 Å². The standard InChI is InChI=1S/C9H14BNO3.C8H5N3O3.C8H7N3O.C5H3BrN2O2.C4H8O/c1-8(2)9(3,4)14-10(13-8)7-5-11-6-12-7;12-11(13)6-1-2-7(10-3-6)8-4-9-5-14-8;9-6-1-2-7(11-3-6)8-4-10-5-12-8;6-5-2-1-4(3-7-5)8(9)10;1-2-4-5-3-1/h5-6H,1-4H3;1-5H;1-5H,9H2;1-3H;1-4H2. The number of pyridine rings is 3. The van der Waals surface area contributed by atoms with E-state index in [-0.39, 0.29) is 22.6 Å². The molecule has 2 N–H and O–H groups in total. The van der Waals surface area contributed by atoms with Gasteiger partial charge < -0.3 is 33.0 Å². The minimum atomic E-state index is -0.503. The number of rotatable bonds is 5. The van der Waals surface area contributed by atoms with Crippen molar-refractivity contribution in [1.82, 2.24) is 29.9 Å². The second kappa shape index (κ2) is 20.0. The van der Waals surface area contributed by atoms with E-state index < -0.39 is 17.0 Å². The maximum Gasteiger partial charge on any atom is 0.534 e. The molecule has 2 aliphatic rings. The number of hydrogen-bond donors (Lipinski definition) is 1. The Morgan fingerprint density at radius 2 is 1.16 bits per heavy atom. The first kappa shape index (κ1) is 41.9. The summed E-state index contributed by atoms with van der Waals surface area (Å²) in [5, 5.41) is 20.4. The van der Waals surface area contributed by atoms with E-state index in [4.69, 9.17) is 33.0 Å². The Morgan fingerprint density at radius 1 is 0.673 bits per heavy atom. The summed E-state index contributed by atoms with van der Waals surface area (Å²) in [6.45, 7) is 10.0. The lowest BCUT2D eigenvalue weighted by Gasteiger charge is -2.32. The Kier molecular flexibility index (Phi) is 15.2. The van der Waals surface area contributed by atoms with Crippen LogP contribution in [0.15, 0.2) is 111 Å². The second-order valence-electron chi connectivity index (χ2n) is 12.3. The van der Waals surface area contributed by atoms with Crippen molar-refractivity contribution in [3.63, 3.8) is 0 Å². The van der Waals surface area contributed by atoms with E-state index in [1.54, 1.807) is 30.7 Å². The van der Waals surface area contributed by atoms with Crippen molar-refractivity contribution in [1.29, 1.82) is 0 Å². The number of nitrogen functional groups attached to an aromatic ring is 1. The number of anilines is 1. The quantitative estimate of drug-likeness (QED) is 0.0843. The highest BCUT2D eigenvalue weighted by atomic mass is 79.9. The normalized spacial score (nSPS) is 14.7. The minimum absolute atomic E-state index is 0.00296. The lowest BCUT2D eigenvalue weighted by atomic mass is 9.87. The SMILES string of the molecule is C1CCOC1.CC1(C)OB(c2cnco2)OC1(C)C.Nc1ccc(-c2cnco2)nc1.O=[N+]([O-])c1ccc(-c2cnco2)nc1.O=[N+]([O-])c1ccc(Br)nc1. The van der Waals surface area contributed by atoms with Crippen molar-refractivity contribution in [2.24, 2.45) is 0 Å². The van der Waals surface area contributed by atoms with Crippen molar-refractivity contribution < 1.29 is 37.1 Å². The summed E-state index contributed by atoms with van der Waals surface area (Å²) in [4.78, 5) is 42.3. The summed E-state index contributed by atoms with van der Waals surface area (Å²) in [7, 11) is -0.442. The summed E-state index contributed by atoms with van der Waals surface area (Å²) >= 11 is 3.06. The molecule has 19 nitrogen and oxygen atoms in total. The lowest BCUT2D eigenvalue weighted by Crippen LogP contribution is -2.41. The first-order chi connectivity index (χ1) is 26.3. The summed E-state index contributed by atoms with van der Waals surface area (Å²) < 4.78 is 32.2. The molecule has 6 aromatic rings. The van der Waals surface area contributed by atoms with Gasteiger partial charge in [-0.1, -0.05) is 0 Å². The van der Waals surface area contributed by atoms with Crippen LogP contribution in [0.2, 0.25) is 0 Å². The fourth-order valence-corrected chi connectivity index (χ4v) is 4.40. The molecule has 8 heterocycles. The molecule has 55 heavy (non-hydrogen) atoms. The van der Waals surface area contributed by atoms with Gasteiger partial charge in [0.05, 0.1) is 51.5 Å². The van der Waals surface area contributed by atoms with Gasteiger partial charge in [0.2, 0.25) is 0 Å². The van der Waals surface area contributed by atoms with Gasteiger partial charge in [-0.25, -0.2) is 24.9 Å². The van der Waals surface area contributed by atoms with E-state index in [0.29, 0.717) is 33.2 Å². The molecule has 0 aromatic carbocycles. The molecule has 288 valence electrons. The highest BCUT2D eigenvalue weighted by Gasteiger charge is 2.53. The zero-order valence-electron chi connectivity index (χ0n) is 30.2. The molecular weight excluding hydrogens is 785 g/mol. The largest absolute Gasteiger partial charge is 0.534 e. The summed E-state index contributed by atoms with van der Waals surface area (Å²) in [5.74, 6) is 1.13. The average Bonchev–Trinajstić information content (AvgIpc) is 4.01. The number of nitrogens with two attached hydrogens (primary N) is 1. The predicted molar refractivity (Wildman–Crippen MR) is 201 cm³/mol. The molecule has 0 bridgehead atoms. The minimum Gasteiger partial charge on any atom is -0.452 e. The topological polar surface area (TPSA) is 257 Å². The summed E-state index contributed by atoms with van der Waals surface area (Å²) in [5.41, 5.74) is 7.28. The first-order valence-corrected chi connectivity index (χ1v) is 17.2. The maximum atomic E-state index is 10.3. The van der Waals surface area contributed by atoms with E-state index in [1.165, 1.54) is 74.9 Å². The molecule has 0 spiro atoms. The van der Waals surface area contributed by atoms with E-state index in [9.17, 15) is 20.2 Å². The van der Waals surface area contributed by atoms with Crippen molar-refractivity contribution in [2.45, 2.75) is 51.7 Å². The molecule has 0 unspecified atom stereocenters. The van der Waals surface area contributed by atoms with Crippen molar-refractivity contribution in [3.8, 4) is 22.9 Å². The molecule has 2 aliphatic heterocycles. The number of nitro groups is 2. The Labute approximate surface area is 323 Å². The van der Waals surface area contributed by atoms with E-state index in [1.807, 2.05) is 27.7 Å². The molecule has 0 amide bonds. The van der Waals surface area contributed by atoms with E-state index >= 15 is 0 Å². The monoisotopic (exact) mass is 821 g/mol. The fourth-order valence-electron chi connectivity index (χ4n) is 4.16. The molecule has 6 aromatic heterocycles. The van der Waals surface area contributed by atoms with Gasteiger partial charge in [0.25, 0.3) is 11.4 Å². The summed E-state index contributed by atoms with van der Waals surface area (Å²) in [6.07, 6.45) is 15.3. The van der Waals surface area contributed by atoms with Gasteiger partial charge in [0.15, 0.2) is 36.4 Å². The predicted octanol–water partition coefficient (Wildman–Crippen LogP) is 6.49. The third-order valence-corrected chi connectivity index (χ3v) is 8.27. The van der Waals surface area contributed by atoms with Crippen LogP contribution in [0.1, 0.15) is 40.5 Å². The van der Waals surface area contributed by atoms with Crippen molar-refractivity contribution in [2.75, 3.05) is 18.9 Å². The zero-order valence-corrected chi connectivity index (χ0v) is 31.8. The Hall–Kier alpha value is -5.90. The molecule has 0 atom stereocenters. The lowest BCUT2D eigenvalue weighted by molar-refractivity contribution is -0.385. The van der Waals surface area contributed by atoms with Gasteiger partial charge in [-0.3, -0.25) is 25.2 Å². The number of hydrogen-bond acceptors (Lipinski definition) is 17. The molecule has 0 radical (unpaired) electrons. The van der Waals surface area contributed by atoms with Crippen LogP contribution in [0.4, 0.5) is 17.1 Å². The van der Waals surface area contributed by atoms with Gasteiger partial charge in [0, 0.05) is 25.3 Å². The highest BCUT2D eigenvalue weighted by molar-refractivity contribution is 9.10. The van der Waals surface area contributed by atoms with Crippen molar-refractivity contribution in [3.05, 3.63) is 118 Å². The Morgan fingerprint density at radius 3 is 1.53 bits per heavy atom. The molecule has 0 aliphatic carbocycles. The third kappa shape index (κ3) is 12.9. The van der Waals surface area contributed by atoms with Crippen LogP contribution in [-0.2, 0) is 14.0 Å². The zero-order chi connectivity index (χ0) is 39.8. The number of ether oxygens (including phenoxy) is 1. The van der Waals surface area contributed by atoms with Gasteiger partial charge in [-0.2, -0.15) is 0 Å². The average molecular weight is 822 g/mol. The van der Waals surface area contributed by atoms with Gasteiger partial charge in [-0.05, 0) is 80.7 Å².